The third-order valence-electron chi connectivity index (χ3n) is 8.62. The predicted octanol–water partition coefficient (Wildman–Crippen LogP) is 5.72. The van der Waals surface area contributed by atoms with Crippen molar-refractivity contribution in [2.24, 2.45) is 11.8 Å². The summed E-state index contributed by atoms with van der Waals surface area (Å²) >= 11 is 0. The number of phenols is 1. The Morgan fingerprint density at radius 3 is 2.63 bits per heavy atom. The van der Waals surface area contributed by atoms with E-state index in [1.165, 1.54) is 11.1 Å². The first-order valence-corrected chi connectivity index (χ1v) is 14.1. The molecule has 2 aliphatic carbocycles. The third kappa shape index (κ3) is 6.08. The van der Waals surface area contributed by atoms with Crippen molar-refractivity contribution in [3.63, 3.8) is 0 Å². The summed E-state index contributed by atoms with van der Waals surface area (Å²) in [4.78, 5) is 4.71. The minimum absolute atomic E-state index is 0.0793. The average molecular weight is 521 g/mol. The van der Waals surface area contributed by atoms with Crippen LogP contribution in [0.15, 0.2) is 60.4 Å². The van der Waals surface area contributed by atoms with Gasteiger partial charge in [-0.2, -0.15) is 0 Å². The van der Waals surface area contributed by atoms with E-state index >= 15 is 4.39 Å². The maximum atomic E-state index is 15.1. The van der Waals surface area contributed by atoms with E-state index in [2.05, 4.69) is 48.1 Å². The molecular formula is C32H41FN2O3. The van der Waals surface area contributed by atoms with Crippen LogP contribution in [-0.2, 0) is 24.1 Å². The molecule has 1 N–H and O–H groups in total. The second-order valence-corrected chi connectivity index (χ2v) is 11.1. The van der Waals surface area contributed by atoms with Crippen LogP contribution in [0, 0.1) is 17.7 Å². The van der Waals surface area contributed by atoms with Crippen molar-refractivity contribution in [1.82, 2.24) is 9.80 Å². The fourth-order valence-electron chi connectivity index (χ4n) is 6.36. The van der Waals surface area contributed by atoms with Gasteiger partial charge in [-0.15, -0.1) is 0 Å². The molecule has 5 rings (SSSR count). The molecule has 2 aromatic carbocycles. The summed E-state index contributed by atoms with van der Waals surface area (Å²) in [6.07, 6.45) is 11.6. The highest BCUT2D eigenvalue weighted by Crippen LogP contribution is 2.38. The molecule has 0 spiro atoms. The molecule has 0 amide bonds. The van der Waals surface area contributed by atoms with Crippen molar-refractivity contribution in [2.45, 2.75) is 57.7 Å². The summed E-state index contributed by atoms with van der Waals surface area (Å²) in [5.41, 5.74) is 3.54. The van der Waals surface area contributed by atoms with Crippen LogP contribution in [-0.4, -0.2) is 60.8 Å². The Kier molecular flexibility index (Phi) is 8.39. The molecule has 5 nitrogen and oxygen atoms in total. The van der Waals surface area contributed by atoms with E-state index in [-0.39, 0.29) is 18.0 Å². The smallest absolute Gasteiger partial charge is 0.165 e. The summed E-state index contributed by atoms with van der Waals surface area (Å²) in [6, 6.07) is 11.4. The monoisotopic (exact) mass is 520 g/mol. The number of hydrogen-bond donors (Lipinski definition) is 1. The molecule has 0 radical (unpaired) electrons. The lowest BCUT2D eigenvalue weighted by Crippen LogP contribution is -2.43. The quantitative estimate of drug-likeness (QED) is 0.483. The summed E-state index contributed by atoms with van der Waals surface area (Å²) in [5, 5.41) is 9.90. The fourth-order valence-corrected chi connectivity index (χ4v) is 6.36. The molecule has 2 aromatic rings. The van der Waals surface area contributed by atoms with Gasteiger partial charge in [-0.05, 0) is 111 Å². The van der Waals surface area contributed by atoms with Crippen LogP contribution in [0.25, 0.3) is 0 Å². The van der Waals surface area contributed by atoms with Crippen LogP contribution in [0.2, 0.25) is 0 Å². The van der Waals surface area contributed by atoms with Gasteiger partial charge < -0.3 is 19.5 Å². The number of aryl methyl sites for hydroxylation is 1. The van der Waals surface area contributed by atoms with Gasteiger partial charge in [0.25, 0.3) is 0 Å². The van der Waals surface area contributed by atoms with Gasteiger partial charge in [-0.1, -0.05) is 25.1 Å². The zero-order valence-electron chi connectivity index (χ0n) is 22.9. The Balaban J connectivity index is 1.31. The number of halogens is 1. The number of nitrogens with zero attached hydrogens (tertiary/aromatic N) is 2. The first-order chi connectivity index (χ1) is 18.4. The number of piperidine rings is 1. The molecule has 204 valence electrons. The Morgan fingerprint density at radius 1 is 1.08 bits per heavy atom. The number of benzene rings is 2. The van der Waals surface area contributed by atoms with Gasteiger partial charge in [-0.25, -0.2) is 4.39 Å². The minimum Gasteiger partial charge on any atom is -0.508 e. The van der Waals surface area contributed by atoms with Crippen molar-refractivity contribution in [3.05, 3.63) is 82.9 Å². The van der Waals surface area contributed by atoms with Gasteiger partial charge in [0.2, 0.25) is 0 Å². The molecule has 1 saturated heterocycles. The van der Waals surface area contributed by atoms with Crippen molar-refractivity contribution < 1.29 is 19.0 Å². The average Bonchev–Trinajstić information content (AvgIpc) is 2.93. The summed E-state index contributed by atoms with van der Waals surface area (Å²) in [6.45, 7) is 5.64. The van der Waals surface area contributed by atoms with Crippen LogP contribution in [0.1, 0.15) is 42.9 Å². The van der Waals surface area contributed by atoms with Gasteiger partial charge in [-0.3, -0.25) is 4.90 Å². The number of rotatable bonds is 8. The van der Waals surface area contributed by atoms with Gasteiger partial charge >= 0.3 is 0 Å². The highest BCUT2D eigenvalue weighted by atomic mass is 19.1. The molecular weight excluding hydrogens is 479 g/mol. The van der Waals surface area contributed by atoms with Gasteiger partial charge in [0.05, 0.1) is 7.11 Å². The maximum Gasteiger partial charge on any atom is 0.165 e. The molecule has 2 unspecified atom stereocenters. The number of allylic oxidation sites excluding steroid dienone is 1. The zero-order chi connectivity index (χ0) is 26.6. The Hall–Kier alpha value is -2.83. The van der Waals surface area contributed by atoms with Crippen LogP contribution in [0.3, 0.4) is 0 Å². The van der Waals surface area contributed by atoms with Crippen molar-refractivity contribution in [3.8, 4) is 11.5 Å². The normalized spacial score (nSPS) is 24.2. The number of methoxy groups -OCH3 is 1. The minimum atomic E-state index is -0.280. The van der Waals surface area contributed by atoms with E-state index in [0.717, 1.165) is 63.1 Å². The number of likely N-dealkylation sites (tertiary alicyclic amines) is 1. The van der Waals surface area contributed by atoms with E-state index in [0.29, 0.717) is 29.9 Å². The fraction of sp³-hybridized carbons (Fsp3) is 0.500. The molecule has 3 aliphatic rings. The lowest BCUT2D eigenvalue weighted by atomic mass is 9.72. The van der Waals surface area contributed by atoms with Crippen LogP contribution in [0.5, 0.6) is 11.5 Å². The van der Waals surface area contributed by atoms with Gasteiger partial charge in [0.15, 0.2) is 11.6 Å². The molecule has 38 heavy (non-hydrogen) atoms. The van der Waals surface area contributed by atoms with Crippen molar-refractivity contribution in [2.75, 3.05) is 33.8 Å². The standard InChI is InChI=1S/C32H41FN2O3/c1-4-35(21-22-5-12-32(30(33)17-22)38-27-13-15-34(2)16-14-27)31-20-28(37-3)10-11-29(31)25-7-6-24-19-26(36)9-8-23(24)18-25/h5,8-12,17,19-20,25,27,29,31,36H,4,6-7,13-16,18,21H2,1-3H3/t25-,29?,31?/m1/s1. The Labute approximate surface area is 226 Å². The van der Waals surface area contributed by atoms with E-state index in [1.54, 1.807) is 25.3 Å². The number of phenolic OH excluding ortho intramolecular Hbond substituents is 1. The second kappa shape index (κ2) is 11.9. The first-order valence-electron chi connectivity index (χ1n) is 14.1. The number of fused-ring (bicyclic) bond motifs is 1. The lowest BCUT2D eigenvalue weighted by Gasteiger charge is -2.41. The van der Waals surface area contributed by atoms with Crippen LogP contribution < -0.4 is 4.74 Å². The highest BCUT2D eigenvalue weighted by Gasteiger charge is 2.34. The maximum absolute atomic E-state index is 15.1. The molecule has 1 heterocycles. The SMILES string of the molecule is CCN(Cc1ccc(OC2CCN(C)CC2)c(F)c1)C1C=C(OC)C=CC1[C@@H]1CCc2cc(O)ccc2C1. The van der Waals surface area contributed by atoms with Crippen LogP contribution >= 0.6 is 0 Å². The van der Waals surface area contributed by atoms with E-state index < -0.39 is 0 Å². The summed E-state index contributed by atoms with van der Waals surface area (Å²) < 4.78 is 26.8. The first kappa shape index (κ1) is 26.8. The molecule has 0 saturated carbocycles. The Bertz CT molecular complexity index is 1170. The number of aromatic hydroxyl groups is 1. The summed E-state index contributed by atoms with van der Waals surface area (Å²) in [7, 11) is 3.83. The molecule has 1 fully saturated rings. The zero-order valence-corrected chi connectivity index (χ0v) is 22.9. The predicted molar refractivity (Wildman–Crippen MR) is 149 cm³/mol. The van der Waals surface area contributed by atoms with Crippen molar-refractivity contribution >= 4 is 0 Å². The molecule has 3 atom stereocenters. The molecule has 0 bridgehead atoms. The lowest BCUT2D eigenvalue weighted by molar-refractivity contribution is 0.110. The number of ether oxygens (including phenoxy) is 2. The largest absolute Gasteiger partial charge is 0.508 e. The third-order valence-corrected chi connectivity index (χ3v) is 8.62. The highest BCUT2D eigenvalue weighted by molar-refractivity contribution is 5.37. The number of likely N-dealkylation sites (N-methyl/N-ethyl adjacent to an activating group) is 1. The molecule has 0 aromatic heterocycles. The topological polar surface area (TPSA) is 45.2 Å². The van der Waals surface area contributed by atoms with E-state index in [1.807, 2.05) is 12.1 Å². The van der Waals surface area contributed by atoms with Gasteiger partial charge in [0, 0.05) is 25.7 Å². The van der Waals surface area contributed by atoms with Gasteiger partial charge in [0.1, 0.15) is 17.6 Å². The Morgan fingerprint density at radius 2 is 1.89 bits per heavy atom. The number of hydrogen-bond acceptors (Lipinski definition) is 5. The second-order valence-electron chi connectivity index (χ2n) is 11.1. The van der Waals surface area contributed by atoms with Crippen molar-refractivity contribution in [1.29, 1.82) is 0 Å². The molecule has 6 heteroatoms. The van der Waals surface area contributed by atoms with E-state index in [9.17, 15) is 5.11 Å². The van der Waals surface area contributed by atoms with Crippen LogP contribution in [0.4, 0.5) is 4.39 Å². The van der Waals surface area contributed by atoms with E-state index in [4.69, 9.17) is 9.47 Å². The molecule has 1 aliphatic heterocycles. The summed E-state index contributed by atoms with van der Waals surface area (Å²) in [5.74, 6) is 2.11.